The normalized spacial score (nSPS) is 13.9. The molecule has 41 heavy (non-hydrogen) atoms. The number of amides is 1. The molecule has 12 heteroatoms. The summed E-state index contributed by atoms with van der Waals surface area (Å²) in [4.78, 5) is 23.9. The van der Waals surface area contributed by atoms with Gasteiger partial charge < -0.3 is 0 Å². The van der Waals surface area contributed by atoms with Gasteiger partial charge in [0.1, 0.15) is 0 Å². The zero-order chi connectivity index (χ0) is 29.1. The Bertz CT molecular complexity index is 1600. The number of benzene rings is 2. The number of hydrogen-bond acceptors (Lipinski definition) is 7. The van der Waals surface area contributed by atoms with Crippen molar-refractivity contribution >= 4 is 53.7 Å². The number of nitrogens with one attached hydrogen (secondary N) is 1. The number of hydrogen-bond donors (Lipinski definition) is 2. The monoisotopic (exact) mass is 638 g/mol. The van der Waals surface area contributed by atoms with Gasteiger partial charge in [-0.05, 0) is 0 Å². The molecule has 0 spiro atoms. The molecule has 3 heterocycles. The van der Waals surface area contributed by atoms with Gasteiger partial charge in [0.05, 0.1) is 0 Å². The van der Waals surface area contributed by atoms with Crippen LogP contribution in [0.2, 0.25) is 5.02 Å². The second kappa shape index (κ2) is 12.7. The minimum atomic E-state index is -0.779. The van der Waals surface area contributed by atoms with Gasteiger partial charge in [-0.2, -0.15) is 0 Å². The van der Waals surface area contributed by atoms with E-state index in [2.05, 4.69) is 43.5 Å². The number of nitrogens with two attached hydrogens (primary N) is 1. The topological polar surface area (TPSA) is 111 Å². The Kier molecular flexibility index (Phi) is 9.04. The van der Waals surface area contributed by atoms with Crippen LogP contribution in [0, 0.1) is 12.7 Å². The van der Waals surface area contributed by atoms with Crippen molar-refractivity contribution in [3.8, 4) is 11.1 Å². The second-order valence-corrected chi connectivity index (χ2v) is 12.7. The molecule has 1 radical (unpaired) electrons. The minimum absolute atomic E-state index is 0.0123. The molecule has 0 aliphatic carbocycles. The molecule has 0 bridgehead atoms. The first-order valence-electron chi connectivity index (χ1n) is 13.2. The van der Waals surface area contributed by atoms with Crippen LogP contribution in [0.1, 0.15) is 27.0 Å². The van der Waals surface area contributed by atoms with E-state index in [0.717, 1.165) is 39.1 Å². The van der Waals surface area contributed by atoms with Crippen molar-refractivity contribution in [2.45, 2.75) is 19.8 Å². The number of carbonyl (C=O) groups is 1. The van der Waals surface area contributed by atoms with Crippen molar-refractivity contribution in [3.05, 3.63) is 75.9 Å². The Balaban J connectivity index is 1.39. The molecule has 0 atom stereocenters. The van der Waals surface area contributed by atoms with Crippen LogP contribution in [0.4, 0.5) is 15.9 Å². The van der Waals surface area contributed by atoms with E-state index in [9.17, 15) is 4.79 Å². The molecule has 0 fully saturated rings. The fraction of sp³-hybridized carbons (Fsp3) is 0.310. The third kappa shape index (κ3) is 6.62. The van der Waals surface area contributed by atoms with Crippen LogP contribution >= 0.6 is 11.6 Å². The third-order valence-electron chi connectivity index (χ3n) is 7.19. The molecule has 2 aromatic carbocycles. The summed E-state index contributed by atoms with van der Waals surface area (Å²) in [6, 6.07) is 8.16. The summed E-state index contributed by atoms with van der Waals surface area (Å²) < 4.78 is 24.4. The number of nitrogens with zero attached hydrogens (tertiary/aromatic N) is 5. The van der Waals surface area contributed by atoms with Crippen LogP contribution in [-0.2, 0) is 24.6 Å². The molecule has 0 saturated carbocycles. The van der Waals surface area contributed by atoms with Crippen molar-refractivity contribution < 1.29 is 13.9 Å². The van der Waals surface area contributed by atoms with Crippen molar-refractivity contribution in [2.24, 2.45) is 12.8 Å². The van der Waals surface area contributed by atoms with E-state index in [4.69, 9.17) is 22.1 Å². The maximum absolute atomic E-state index is 15.7. The van der Waals surface area contributed by atoms with Gasteiger partial charge in [0.2, 0.25) is 0 Å². The van der Waals surface area contributed by atoms with E-state index in [0.29, 0.717) is 21.3 Å². The SMILES string of the molecule is COCCN1CCc2ccc([As]c3ncc(Cl)c(Nc4c(C(N)=O)cc(-c5cnn(C)c5)c(C)c4F)n3)cc2CC1. The van der Waals surface area contributed by atoms with Crippen LogP contribution in [0.15, 0.2) is 42.9 Å². The van der Waals surface area contributed by atoms with E-state index < -0.39 is 27.5 Å². The number of methoxy groups -OCH3 is 1. The first kappa shape index (κ1) is 29.2. The van der Waals surface area contributed by atoms with Gasteiger partial charge in [-0.3, -0.25) is 0 Å². The molecular formula is C29H31AsClFN7O2. The fourth-order valence-electron chi connectivity index (χ4n) is 4.93. The van der Waals surface area contributed by atoms with Crippen LogP contribution in [0.25, 0.3) is 11.1 Å². The van der Waals surface area contributed by atoms with Crippen molar-refractivity contribution in [1.82, 2.24) is 24.6 Å². The summed E-state index contributed by atoms with van der Waals surface area (Å²) in [5, 5.41) is 7.30. The Morgan fingerprint density at radius 1 is 1.22 bits per heavy atom. The standard InChI is InChI=1S/C29H31AsClFN7O2/c1-17-22(20-14-35-38(2)16-20)13-23(27(33)40)26(25(17)32)36-28-24(31)15-34-29(37-28)30-21-5-4-18-6-8-39(10-11-41-3)9-7-19(18)12-21/h4-5,12-16H,6-11H2,1-3H3,(H2,33,40)(H,34,36,37). The maximum atomic E-state index is 15.7. The Morgan fingerprint density at radius 3 is 2.71 bits per heavy atom. The molecule has 9 nitrogen and oxygen atoms in total. The predicted octanol–water partition coefficient (Wildman–Crippen LogP) is 2.52. The van der Waals surface area contributed by atoms with Gasteiger partial charge in [0.15, 0.2) is 0 Å². The first-order valence-corrected chi connectivity index (χ1v) is 15.4. The number of fused-ring (bicyclic) bond motifs is 1. The van der Waals surface area contributed by atoms with Crippen molar-refractivity contribution in [3.63, 3.8) is 0 Å². The number of aryl methyl sites for hydroxylation is 1. The second-order valence-electron chi connectivity index (χ2n) is 9.94. The van der Waals surface area contributed by atoms with E-state index in [1.54, 1.807) is 44.2 Å². The number of rotatable bonds is 9. The fourth-order valence-corrected chi connectivity index (χ4v) is 6.89. The van der Waals surface area contributed by atoms with Gasteiger partial charge in [-0.1, -0.05) is 0 Å². The average Bonchev–Trinajstić information content (AvgIpc) is 3.28. The number of carbonyl (C=O) groups excluding carboxylic acids is 1. The number of halogens is 2. The summed E-state index contributed by atoms with van der Waals surface area (Å²) >= 11 is 5.86. The summed E-state index contributed by atoms with van der Waals surface area (Å²) in [5.74, 6) is -1.18. The van der Waals surface area contributed by atoms with Gasteiger partial charge in [-0.25, -0.2) is 0 Å². The van der Waals surface area contributed by atoms with Gasteiger partial charge in [0, 0.05) is 0 Å². The number of primary amides is 1. The molecule has 0 saturated heterocycles. The molecule has 0 unspecified atom stereocenters. The molecule has 1 amide bonds. The zero-order valence-electron chi connectivity index (χ0n) is 23.1. The number of aromatic nitrogens is 4. The van der Waals surface area contributed by atoms with Crippen molar-refractivity contribution in [2.75, 3.05) is 38.7 Å². The molecule has 3 N–H and O–H groups in total. The number of anilines is 2. The van der Waals surface area contributed by atoms with Gasteiger partial charge >= 0.3 is 251 Å². The van der Waals surface area contributed by atoms with E-state index in [1.807, 2.05) is 0 Å². The molecule has 2 aromatic heterocycles. The number of ether oxygens (including phenoxy) is 1. The van der Waals surface area contributed by atoms with Crippen LogP contribution in [-0.4, -0.2) is 79.7 Å². The van der Waals surface area contributed by atoms with Crippen LogP contribution in [0.5, 0.6) is 0 Å². The van der Waals surface area contributed by atoms with E-state index >= 15 is 4.39 Å². The quantitative estimate of drug-likeness (QED) is 0.271. The average molecular weight is 639 g/mol. The zero-order valence-corrected chi connectivity index (χ0v) is 25.7. The molecule has 1 aliphatic heterocycles. The van der Waals surface area contributed by atoms with Gasteiger partial charge in [0.25, 0.3) is 0 Å². The van der Waals surface area contributed by atoms with Crippen LogP contribution < -0.4 is 20.0 Å². The molecular weight excluding hydrogens is 608 g/mol. The molecule has 5 rings (SSSR count). The molecule has 1 aliphatic rings. The summed E-state index contributed by atoms with van der Waals surface area (Å²) in [6.45, 7) is 5.32. The Labute approximate surface area is 249 Å². The third-order valence-corrected chi connectivity index (χ3v) is 9.47. The van der Waals surface area contributed by atoms with Crippen molar-refractivity contribution in [1.29, 1.82) is 0 Å². The van der Waals surface area contributed by atoms with Gasteiger partial charge in [-0.15, -0.1) is 0 Å². The first-order chi connectivity index (χ1) is 19.7. The Morgan fingerprint density at radius 2 is 2.00 bits per heavy atom. The van der Waals surface area contributed by atoms with Crippen LogP contribution in [0.3, 0.4) is 0 Å². The molecule has 4 aromatic rings. The summed E-state index contributed by atoms with van der Waals surface area (Å²) in [6.07, 6.45) is 6.84. The Hall–Kier alpha value is -3.30. The summed E-state index contributed by atoms with van der Waals surface area (Å²) in [7, 11) is 3.50. The molecule has 213 valence electrons. The predicted molar refractivity (Wildman–Crippen MR) is 159 cm³/mol. The summed E-state index contributed by atoms with van der Waals surface area (Å²) in [5.41, 5.74) is 9.84. The van der Waals surface area contributed by atoms with E-state index in [1.165, 1.54) is 21.7 Å². The van der Waals surface area contributed by atoms with E-state index in [-0.39, 0.29) is 22.1 Å².